The molecule has 0 aliphatic heterocycles. The van der Waals surface area contributed by atoms with Crippen LogP contribution in [0.3, 0.4) is 0 Å². The van der Waals surface area contributed by atoms with Gasteiger partial charge in [0, 0.05) is 12.4 Å². The Morgan fingerprint density at radius 3 is 2.76 bits per heavy atom. The molecule has 6 heteroatoms. The monoisotopic (exact) mass is 289 g/mol. The Bertz CT molecular complexity index is 567. The Morgan fingerprint density at radius 2 is 2.14 bits per heavy atom. The highest BCUT2D eigenvalue weighted by Crippen LogP contribution is 2.19. The van der Waals surface area contributed by atoms with Gasteiger partial charge in [-0.1, -0.05) is 0 Å². The molecule has 2 aromatic heterocycles. The lowest BCUT2D eigenvalue weighted by molar-refractivity contribution is 0.0366. The highest BCUT2D eigenvalue weighted by atomic mass is 16.4. The molecule has 6 nitrogen and oxygen atoms in total. The van der Waals surface area contributed by atoms with Crippen molar-refractivity contribution in [3.63, 3.8) is 0 Å². The number of urea groups is 1. The van der Waals surface area contributed by atoms with E-state index in [0.29, 0.717) is 5.76 Å². The molecule has 2 aromatic rings. The van der Waals surface area contributed by atoms with Crippen molar-refractivity contribution in [2.45, 2.75) is 25.5 Å². The number of hydrogen-bond acceptors (Lipinski definition) is 4. The zero-order chi connectivity index (χ0) is 15.3. The average Bonchev–Trinajstić information content (AvgIpc) is 3.01. The number of aliphatic hydroxyl groups is 1. The van der Waals surface area contributed by atoms with E-state index in [1.807, 2.05) is 19.1 Å². The van der Waals surface area contributed by atoms with E-state index in [4.69, 9.17) is 4.42 Å². The molecule has 0 aliphatic rings. The lowest BCUT2D eigenvalue weighted by atomic mass is 10.0. The second-order valence-electron chi connectivity index (χ2n) is 5.08. The van der Waals surface area contributed by atoms with Gasteiger partial charge in [-0.15, -0.1) is 0 Å². The first-order chi connectivity index (χ1) is 9.99. The van der Waals surface area contributed by atoms with Crippen LogP contribution in [0, 0.1) is 0 Å². The zero-order valence-corrected chi connectivity index (χ0v) is 12.0. The van der Waals surface area contributed by atoms with E-state index in [1.165, 1.54) is 6.26 Å². The molecule has 3 N–H and O–H groups in total. The minimum atomic E-state index is -1.25. The highest BCUT2D eigenvalue weighted by molar-refractivity contribution is 5.74. The van der Waals surface area contributed by atoms with Gasteiger partial charge in [-0.2, -0.15) is 0 Å². The van der Waals surface area contributed by atoms with Crippen LogP contribution in [0.4, 0.5) is 4.79 Å². The molecule has 2 rings (SSSR count). The van der Waals surface area contributed by atoms with E-state index >= 15 is 0 Å². The maximum absolute atomic E-state index is 11.9. The fraction of sp³-hybridized carbons (Fsp3) is 0.333. The van der Waals surface area contributed by atoms with Crippen LogP contribution < -0.4 is 10.6 Å². The molecule has 0 spiro atoms. The second-order valence-corrected chi connectivity index (χ2v) is 5.08. The van der Waals surface area contributed by atoms with Crippen LogP contribution in [0.5, 0.6) is 0 Å². The number of pyridine rings is 1. The molecule has 0 radical (unpaired) electrons. The van der Waals surface area contributed by atoms with Crippen LogP contribution in [-0.4, -0.2) is 22.7 Å². The van der Waals surface area contributed by atoms with Crippen molar-refractivity contribution in [2.75, 3.05) is 6.54 Å². The van der Waals surface area contributed by atoms with Crippen LogP contribution >= 0.6 is 0 Å². The molecule has 0 aliphatic carbocycles. The van der Waals surface area contributed by atoms with Gasteiger partial charge in [-0.3, -0.25) is 4.98 Å². The van der Waals surface area contributed by atoms with Gasteiger partial charge < -0.3 is 20.2 Å². The average molecular weight is 289 g/mol. The molecule has 0 fully saturated rings. The normalized spacial score (nSPS) is 15.0. The zero-order valence-electron chi connectivity index (χ0n) is 12.0. The van der Waals surface area contributed by atoms with Crippen LogP contribution in [0.2, 0.25) is 0 Å². The van der Waals surface area contributed by atoms with Crippen molar-refractivity contribution in [1.29, 1.82) is 0 Å². The van der Waals surface area contributed by atoms with Crippen molar-refractivity contribution in [2.24, 2.45) is 0 Å². The Balaban J connectivity index is 1.85. The Kier molecular flexibility index (Phi) is 4.59. The summed E-state index contributed by atoms with van der Waals surface area (Å²) in [5.74, 6) is 0.407. The lowest BCUT2D eigenvalue weighted by Gasteiger charge is -2.22. The maximum atomic E-state index is 11.9. The lowest BCUT2D eigenvalue weighted by Crippen LogP contribution is -2.44. The molecule has 2 heterocycles. The van der Waals surface area contributed by atoms with E-state index in [9.17, 15) is 9.90 Å². The van der Waals surface area contributed by atoms with E-state index in [0.717, 1.165) is 5.56 Å². The number of hydrogen-bond donors (Lipinski definition) is 3. The number of furan rings is 1. The summed E-state index contributed by atoms with van der Waals surface area (Å²) in [5.41, 5.74) is -0.293. The minimum absolute atomic E-state index is 0.0510. The molecule has 0 aromatic carbocycles. The van der Waals surface area contributed by atoms with Gasteiger partial charge in [0.1, 0.15) is 11.4 Å². The SMILES string of the molecule is CC(NC(=O)NCC(C)(O)c1ccco1)c1ccncc1. The predicted octanol–water partition coefficient (Wildman–Crippen LogP) is 1.94. The topological polar surface area (TPSA) is 87.4 Å². The van der Waals surface area contributed by atoms with Crippen molar-refractivity contribution in [1.82, 2.24) is 15.6 Å². The summed E-state index contributed by atoms with van der Waals surface area (Å²) in [4.78, 5) is 15.8. The molecule has 21 heavy (non-hydrogen) atoms. The van der Waals surface area contributed by atoms with Gasteiger partial charge in [0.05, 0.1) is 18.8 Å². The van der Waals surface area contributed by atoms with E-state index in [-0.39, 0.29) is 18.6 Å². The van der Waals surface area contributed by atoms with E-state index in [2.05, 4.69) is 15.6 Å². The highest BCUT2D eigenvalue weighted by Gasteiger charge is 2.26. The second kappa shape index (κ2) is 6.41. The number of nitrogens with zero attached hydrogens (tertiary/aromatic N) is 1. The van der Waals surface area contributed by atoms with E-state index < -0.39 is 5.60 Å². The quantitative estimate of drug-likeness (QED) is 0.785. The summed E-state index contributed by atoms with van der Waals surface area (Å²) in [6.45, 7) is 3.51. The number of carbonyl (C=O) groups excluding carboxylic acids is 1. The molecule has 2 unspecified atom stereocenters. The van der Waals surface area contributed by atoms with Crippen LogP contribution in [-0.2, 0) is 5.60 Å². The Morgan fingerprint density at radius 1 is 1.43 bits per heavy atom. The summed E-state index contributed by atoms with van der Waals surface area (Å²) >= 11 is 0. The molecule has 0 saturated carbocycles. The summed E-state index contributed by atoms with van der Waals surface area (Å²) in [6.07, 6.45) is 4.83. The largest absolute Gasteiger partial charge is 0.466 e. The summed E-state index contributed by atoms with van der Waals surface area (Å²) in [5, 5.41) is 15.7. The molecule has 0 bridgehead atoms. The van der Waals surface area contributed by atoms with Gasteiger partial charge in [-0.25, -0.2) is 4.79 Å². The predicted molar refractivity (Wildman–Crippen MR) is 77.5 cm³/mol. The van der Waals surface area contributed by atoms with Gasteiger partial charge in [0.25, 0.3) is 0 Å². The Labute approximate surface area is 123 Å². The number of aromatic nitrogens is 1. The van der Waals surface area contributed by atoms with Gasteiger partial charge >= 0.3 is 6.03 Å². The van der Waals surface area contributed by atoms with Gasteiger partial charge in [0.2, 0.25) is 0 Å². The molecule has 112 valence electrons. The summed E-state index contributed by atoms with van der Waals surface area (Å²) in [7, 11) is 0. The summed E-state index contributed by atoms with van der Waals surface area (Å²) < 4.78 is 5.15. The third-order valence-electron chi connectivity index (χ3n) is 3.20. The van der Waals surface area contributed by atoms with Gasteiger partial charge in [-0.05, 0) is 43.7 Å². The fourth-order valence-electron chi connectivity index (χ4n) is 1.91. The van der Waals surface area contributed by atoms with Crippen molar-refractivity contribution in [3.05, 3.63) is 54.2 Å². The molecule has 2 atom stereocenters. The van der Waals surface area contributed by atoms with Crippen LogP contribution in [0.15, 0.2) is 47.3 Å². The molecule has 0 saturated heterocycles. The van der Waals surface area contributed by atoms with Crippen LogP contribution in [0.25, 0.3) is 0 Å². The molecular weight excluding hydrogens is 270 g/mol. The first-order valence-electron chi connectivity index (χ1n) is 6.70. The van der Waals surface area contributed by atoms with Crippen molar-refractivity contribution >= 4 is 6.03 Å². The minimum Gasteiger partial charge on any atom is -0.466 e. The van der Waals surface area contributed by atoms with Gasteiger partial charge in [0.15, 0.2) is 0 Å². The smallest absolute Gasteiger partial charge is 0.315 e. The first-order valence-corrected chi connectivity index (χ1v) is 6.70. The van der Waals surface area contributed by atoms with Crippen LogP contribution in [0.1, 0.15) is 31.2 Å². The first kappa shape index (κ1) is 15.1. The summed E-state index contributed by atoms with van der Waals surface area (Å²) in [6, 6.07) is 6.52. The molecular formula is C15H19N3O3. The number of nitrogens with one attached hydrogen (secondary N) is 2. The number of amides is 2. The standard InChI is InChI=1S/C15H19N3O3/c1-11(12-5-7-16-8-6-12)18-14(19)17-10-15(2,20)13-4-3-9-21-13/h3-9,11,20H,10H2,1-2H3,(H2,17,18,19). The van der Waals surface area contributed by atoms with Crippen molar-refractivity contribution < 1.29 is 14.3 Å². The van der Waals surface area contributed by atoms with E-state index in [1.54, 1.807) is 31.5 Å². The third-order valence-corrected chi connectivity index (χ3v) is 3.20. The number of carbonyl (C=O) groups is 1. The maximum Gasteiger partial charge on any atom is 0.315 e. The van der Waals surface area contributed by atoms with Crippen molar-refractivity contribution in [3.8, 4) is 0 Å². The number of rotatable bonds is 5. The Hall–Kier alpha value is -2.34. The fourth-order valence-corrected chi connectivity index (χ4v) is 1.91. The third kappa shape index (κ3) is 4.06. The molecule has 2 amide bonds.